The standard InChI is InChI=1S/C17H25N3O4/c1-23-14-4-3-12(9-15(14)24-2)5-7-19-16(21)11-20-8-6-13(10-20)17(18)22/h3-4,9,13H,5-8,10-11H2,1-2H3,(H2,18,22)(H,19,21)/t13-/m0/s1. The molecular weight excluding hydrogens is 310 g/mol. The fraction of sp³-hybridized carbons (Fsp3) is 0.529. The number of hydrogen-bond acceptors (Lipinski definition) is 5. The molecule has 0 aliphatic carbocycles. The monoisotopic (exact) mass is 335 g/mol. The molecule has 0 bridgehead atoms. The predicted molar refractivity (Wildman–Crippen MR) is 90.0 cm³/mol. The number of amides is 2. The van der Waals surface area contributed by atoms with Crippen LogP contribution >= 0.6 is 0 Å². The third-order valence-electron chi connectivity index (χ3n) is 4.23. The minimum Gasteiger partial charge on any atom is -0.493 e. The van der Waals surface area contributed by atoms with Gasteiger partial charge in [0.15, 0.2) is 11.5 Å². The Bertz CT molecular complexity index is 591. The summed E-state index contributed by atoms with van der Waals surface area (Å²) in [6, 6.07) is 5.71. The van der Waals surface area contributed by atoms with Crippen LogP contribution in [0.25, 0.3) is 0 Å². The Balaban J connectivity index is 1.74. The van der Waals surface area contributed by atoms with E-state index in [1.165, 1.54) is 0 Å². The quantitative estimate of drug-likeness (QED) is 0.706. The van der Waals surface area contributed by atoms with Crippen molar-refractivity contribution < 1.29 is 19.1 Å². The van der Waals surface area contributed by atoms with Crippen molar-refractivity contribution in [3.63, 3.8) is 0 Å². The van der Waals surface area contributed by atoms with Crippen molar-refractivity contribution in [1.82, 2.24) is 10.2 Å². The zero-order chi connectivity index (χ0) is 17.5. The number of ether oxygens (including phenoxy) is 2. The first-order valence-corrected chi connectivity index (χ1v) is 8.02. The number of rotatable bonds is 8. The summed E-state index contributed by atoms with van der Waals surface area (Å²) in [5.74, 6) is 0.899. The number of likely N-dealkylation sites (tertiary alicyclic amines) is 1. The average molecular weight is 335 g/mol. The van der Waals surface area contributed by atoms with Crippen molar-refractivity contribution >= 4 is 11.8 Å². The van der Waals surface area contributed by atoms with Gasteiger partial charge >= 0.3 is 0 Å². The van der Waals surface area contributed by atoms with Gasteiger partial charge in [0.25, 0.3) is 0 Å². The summed E-state index contributed by atoms with van der Waals surface area (Å²) in [5.41, 5.74) is 6.35. The lowest BCUT2D eigenvalue weighted by Gasteiger charge is -2.15. The highest BCUT2D eigenvalue weighted by Gasteiger charge is 2.27. The van der Waals surface area contributed by atoms with E-state index >= 15 is 0 Å². The van der Waals surface area contributed by atoms with E-state index in [0.717, 1.165) is 18.5 Å². The van der Waals surface area contributed by atoms with Crippen LogP contribution in [0.5, 0.6) is 11.5 Å². The summed E-state index contributed by atoms with van der Waals surface area (Å²) in [6.45, 7) is 2.15. The molecule has 2 amide bonds. The maximum absolute atomic E-state index is 12.0. The summed E-state index contributed by atoms with van der Waals surface area (Å²) < 4.78 is 10.5. The van der Waals surface area contributed by atoms with Gasteiger partial charge in [-0.3, -0.25) is 14.5 Å². The number of carbonyl (C=O) groups excluding carboxylic acids is 2. The van der Waals surface area contributed by atoms with Gasteiger partial charge in [-0.1, -0.05) is 6.07 Å². The van der Waals surface area contributed by atoms with Crippen molar-refractivity contribution in [2.24, 2.45) is 11.7 Å². The van der Waals surface area contributed by atoms with E-state index in [1.54, 1.807) is 14.2 Å². The van der Waals surface area contributed by atoms with Crippen LogP contribution in [-0.4, -0.2) is 57.1 Å². The smallest absolute Gasteiger partial charge is 0.234 e. The van der Waals surface area contributed by atoms with Crippen LogP contribution in [0, 0.1) is 5.92 Å². The van der Waals surface area contributed by atoms with Crippen molar-refractivity contribution in [3.05, 3.63) is 23.8 Å². The molecule has 1 aliphatic rings. The Labute approximate surface area is 142 Å². The summed E-state index contributed by atoms with van der Waals surface area (Å²) in [6.07, 6.45) is 1.43. The zero-order valence-corrected chi connectivity index (χ0v) is 14.2. The van der Waals surface area contributed by atoms with E-state index in [0.29, 0.717) is 37.6 Å². The molecule has 1 heterocycles. The van der Waals surface area contributed by atoms with Crippen LogP contribution in [0.3, 0.4) is 0 Å². The molecule has 7 heteroatoms. The van der Waals surface area contributed by atoms with Gasteiger partial charge in [0.1, 0.15) is 0 Å². The van der Waals surface area contributed by atoms with Gasteiger partial charge in [-0.2, -0.15) is 0 Å². The molecule has 0 aromatic heterocycles. The second-order valence-corrected chi connectivity index (χ2v) is 5.91. The molecule has 0 saturated carbocycles. The van der Waals surface area contributed by atoms with Crippen LogP contribution in [0.1, 0.15) is 12.0 Å². The van der Waals surface area contributed by atoms with E-state index in [1.807, 2.05) is 23.1 Å². The molecule has 1 aromatic rings. The second-order valence-electron chi connectivity index (χ2n) is 5.91. The topological polar surface area (TPSA) is 93.9 Å². The van der Waals surface area contributed by atoms with Gasteiger partial charge in [0.05, 0.1) is 26.7 Å². The van der Waals surface area contributed by atoms with Gasteiger partial charge < -0.3 is 20.5 Å². The zero-order valence-electron chi connectivity index (χ0n) is 14.2. The second kappa shape index (κ2) is 8.54. The summed E-state index contributed by atoms with van der Waals surface area (Å²) in [7, 11) is 3.19. The Hall–Kier alpha value is -2.28. The predicted octanol–water partition coefficient (Wildman–Crippen LogP) is 0.170. The lowest BCUT2D eigenvalue weighted by molar-refractivity contribution is -0.123. The first-order chi connectivity index (χ1) is 11.5. The summed E-state index contributed by atoms with van der Waals surface area (Å²) in [5, 5.41) is 2.90. The molecule has 132 valence electrons. The van der Waals surface area contributed by atoms with Crippen LogP contribution in [-0.2, 0) is 16.0 Å². The van der Waals surface area contributed by atoms with Crippen LogP contribution in [0.4, 0.5) is 0 Å². The average Bonchev–Trinajstić information content (AvgIpc) is 3.03. The van der Waals surface area contributed by atoms with E-state index in [-0.39, 0.29) is 17.7 Å². The lowest BCUT2D eigenvalue weighted by atomic mass is 10.1. The normalized spacial score (nSPS) is 17.5. The molecule has 0 spiro atoms. The van der Waals surface area contributed by atoms with Crippen molar-refractivity contribution in [3.8, 4) is 11.5 Å². The largest absolute Gasteiger partial charge is 0.493 e. The van der Waals surface area contributed by atoms with E-state index in [9.17, 15) is 9.59 Å². The molecule has 0 radical (unpaired) electrons. The van der Waals surface area contributed by atoms with Gasteiger partial charge in [-0.25, -0.2) is 0 Å². The highest BCUT2D eigenvalue weighted by Crippen LogP contribution is 2.27. The fourth-order valence-electron chi connectivity index (χ4n) is 2.85. The number of nitrogens with one attached hydrogen (secondary N) is 1. The molecule has 1 aromatic carbocycles. The Morgan fingerprint density at radius 3 is 2.67 bits per heavy atom. The molecule has 1 atom stereocenters. The molecule has 1 saturated heterocycles. The number of methoxy groups -OCH3 is 2. The molecule has 24 heavy (non-hydrogen) atoms. The molecule has 7 nitrogen and oxygen atoms in total. The minimum atomic E-state index is -0.286. The Kier molecular flexibility index (Phi) is 6.43. The van der Waals surface area contributed by atoms with Gasteiger partial charge in [-0.05, 0) is 37.1 Å². The number of hydrogen-bond donors (Lipinski definition) is 2. The Morgan fingerprint density at radius 2 is 2.04 bits per heavy atom. The van der Waals surface area contributed by atoms with Crippen molar-refractivity contribution in [2.75, 3.05) is 40.4 Å². The van der Waals surface area contributed by atoms with Crippen LogP contribution in [0.15, 0.2) is 18.2 Å². The van der Waals surface area contributed by atoms with Gasteiger partial charge in [-0.15, -0.1) is 0 Å². The van der Waals surface area contributed by atoms with E-state index < -0.39 is 0 Å². The SMILES string of the molecule is COc1ccc(CCNC(=O)CN2CC[C@H](C(N)=O)C2)cc1OC. The third kappa shape index (κ3) is 4.86. The van der Waals surface area contributed by atoms with E-state index in [2.05, 4.69) is 5.32 Å². The summed E-state index contributed by atoms with van der Waals surface area (Å²) in [4.78, 5) is 25.1. The fourth-order valence-corrected chi connectivity index (χ4v) is 2.85. The number of carbonyl (C=O) groups is 2. The molecule has 1 fully saturated rings. The Morgan fingerprint density at radius 1 is 1.29 bits per heavy atom. The van der Waals surface area contributed by atoms with Crippen LogP contribution < -0.4 is 20.5 Å². The summed E-state index contributed by atoms with van der Waals surface area (Å²) >= 11 is 0. The first-order valence-electron chi connectivity index (χ1n) is 8.02. The third-order valence-corrected chi connectivity index (χ3v) is 4.23. The number of nitrogens with zero attached hydrogens (tertiary/aromatic N) is 1. The van der Waals surface area contributed by atoms with Gasteiger partial charge in [0.2, 0.25) is 11.8 Å². The molecule has 2 rings (SSSR count). The first kappa shape index (κ1) is 18.1. The highest BCUT2D eigenvalue weighted by atomic mass is 16.5. The van der Waals surface area contributed by atoms with Crippen molar-refractivity contribution in [2.45, 2.75) is 12.8 Å². The highest BCUT2D eigenvalue weighted by molar-refractivity contribution is 5.79. The minimum absolute atomic E-state index is 0.0411. The van der Waals surface area contributed by atoms with E-state index in [4.69, 9.17) is 15.2 Å². The molecular formula is C17H25N3O4. The molecule has 3 N–H and O–H groups in total. The maximum atomic E-state index is 12.0. The number of benzene rings is 1. The lowest BCUT2D eigenvalue weighted by Crippen LogP contribution is -2.37. The molecule has 0 unspecified atom stereocenters. The molecule has 1 aliphatic heterocycles. The number of nitrogens with two attached hydrogens (primary N) is 1. The van der Waals surface area contributed by atoms with Crippen LogP contribution in [0.2, 0.25) is 0 Å². The number of primary amides is 1. The maximum Gasteiger partial charge on any atom is 0.234 e. The van der Waals surface area contributed by atoms with Gasteiger partial charge in [0, 0.05) is 13.1 Å². The van der Waals surface area contributed by atoms with Crippen molar-refractivity contribution in [1.29, 1.82) is 0 Å².